The van der Waals surface area contributed by atoms with Crippen molar-refractivity contribution in [2.75, 3.05) is 24.2 Å². The lowest BCUT2D eigenvalue weighted by Gasteiger charge is -2.24. The lowest BCUT2D eigenvalue weighted by molar-refractivity contribution is 0.0315. The van der Waals surface area contributed by atoms with Gasteiger partial charge in [-0.05, 0) is 38.0 Å². The zero-order chi connectivity index (χ0) is 12.3. The fraction of sp³-hybridized carbons (Fsp3) is 0.462. The minimum atomic E-state index is -0.0969. The molecule has 17 heavy (non-hydrogen) atoms. The number of hydrogen-bond donors (Lipinski definition) is 2. The van der Waals surface area contributed by atoms with Gasteiger partial charge in [0.2, 0.25) is 0 Å². The highest BCUT2D eigenvalue weighted by molar-refractivity contribution is 5.68. The van der Waals surface area contributed by atoms with Crippen LogP contribution in [0, 0.1) is 11.3 Å². The van der Waals surface area contributed by atoms with E-state index in [2.05, 4.69) is 18.3 Å². The molecule has 2 rings (SSSR count). The molecule has 1 aliphatic heterocycles. The van der Waals surface area contributed by atoms with Gasteiger partial charge < -0.3 is 15.8 Å². The second kappa shape index (κ2) is 4.64. The Morgan fingerprint density at radius 1 is 1.59 bits per heavy atom. The van der Waals surface area contributed by atoms with Gasteiger partial charge in [-0.1, -0.05) is 0 Å². The summed E-state index contributed by atoms with van der Waals surface area (Å²) in [5.74, 6) is 0. The first-order chi connectivity index (χ1) is 8.13. The first kappa shape index (κ1) is 11.7. The summed E-state index contributed by atoms with van der Waals surface area (Å²) in [6, 6.07) is 7.35. The second-order valence-corrected chi connectivity index (χ2v) is 4.67. The lowest BCUT2D eigenvalue weighted by atomic mass is 10.0. The molecular weight excluding hydrogens is 214 g/mol. The Kier molecular flexibility index (Phi) is 3.21. The first-order valence-corrected chi connectivity index (χ1v) is 5.80. The van der Waals surface area contributed by atoms with Crippen LogP contribution in [0.1, 0.15) is 25.3 Å². The zero-order valence-corrected chi connectivity index (χ0v) is 9.99. The Bertz CT molecular complexity index is 444. The summed E-state index contributed by atoms with van der Waals surface area (Å²) in [6.45, 7) is 3.68. The molecule has 0 aliphatic carbocycles. The molecule has 0 radical (unpaired) electrons. The fourth-order valence-corrected chi connectivity index (χ4v) is 2.05. The van der Waals surface area contributed by atoms with E-state index in [1.165, 1.54) is 0 Å². The zero-order valence-electron chi connectivity index (χ0n) is 9.99. The predicted octanol–water partition coefficient (Wildman–Crippen LogP) is 2.12. The predicted molar refractivity (Wildman–Crippen MR) is 67.7 cm³/mol. The molecule has 0 saturated carbocycles. The van der Waals surface area contributed by atoms with Gasteiger partial charge in [0, 0.05) is 13.2 Å². The van der Waals surface area contributed by atoms with Gasteiger partial charge in [-0.25, -0.2) is 0 Å². The van der Waals surface area contributed by atoms with Crippen molar-refractivity contribution in [1.29, 1.82) is 5.26 Å². The number of nitrogens with one attached hydrogen (secondary N) is 1. The summed E-state index contributed by atoms with van der Waals surface area (Å²) in [5, 5.41) is 12.0. The molecule has 90 valence electrons. The normalized spacial score (nSPS) is 23.3. The van der Waals surface area contributed by atoms with Crippen molar-refractivity contribution in [2.24, 2.45) is 0 Å². The molecule has 1 aliphatic rings. The third kappa shape index (κ3) is 2.69. The number of hydrogen-bond acceptors (Lipinski definition) is 4. The standard InChI is InChI=1S/C13H17N3O/c1-13(5-2-6-17-13)9-16-12-4-3-10(8-14)7-11(12)15/h3-4,7,16H,2,5-6,9,15H2,1H3. The van der Waals surface area contributed by atoms with Crippen LogP contribution in [-0.4, -0.2) is 18.8 Å². The van der Waals surface area contributed by atoms with Gasteiger partial charge in [0.05, 0.1) is 28.6 Å². The maximum atomic E-state index is 8.75. The maximum Gasteiger partial charge on any atom is 0.0992 e. The van der Waals surface area contributed by atoms with Crippen LogP contribution in [-0.2, 0) is 4.74 Å². The molecule has 1 aromatic carbocycles. The summed E-state index contributed by atoms with van der Waals surface area (Å²) in [7, 11) is 0. The number of anilines is 2. The van der Waals surface area contributed by atoms with Crippen LogP contribution in [0.25, 0.3) is 0 Å². The molecule has 0 amide bonds. The van der Waals surface area contributed by atoms with E-state index in [1.807, 2.05) is 6.07 Å². The summed E-state index contributed by atoms with van der Waals surface area (Å²) >= 11 is 0. The molecule has 1 atom stereocenters. The van der Waals surface area contributed by atoms with Crippen LogP contribution in [0.5, 0.6) is 0 Å². The van der Waals surface area contributed by atoms with E-state index < -0.39 is 0 Å². The van der Waals surface area contributed by atoms with Crippen molar-refractivity contribution in [3.05, 3.63) is 23.8 Å². The van der Waals surface area contributed by atoms with Crippen molar-refractivity contribution >= 4 is 11.4 Å². The largest absolute Gasteiger partial charge is 0.397 e. The molecule has 0 aromatic heterocycles. The van der Waals surface area contributed by atoms with Gasteiger partial charge >= 0.3 is 0 Å². The van der Waals surface area contributed by atoms with Crippen molar-refractivity contribution < 1.29 is 4.74 Å². The third-order valence-corrected chi connectivity index (χ3v) is 3.13. The monoisotopic (exact) mass is 231 g/mol. The van der Waals surface area contributed by atoms with E-state index >= 15 is 0 Å². The van der Waals surface area contributed by atoms with Gasteiger partial charge in [-0.15, -0.1) is 0 Å². The Morgan fingerprint density at radius 2 is 2.41 bits per heavy atom. The third-order valence-electron chi connectivity index (χ3n) is 3.13. The molecular formula is C13H17N3O. The van der Waals surface area contributed by atoms with Crippen LogP contribution in [0.4, 0.5) is 11.4 Å². The van der Waals surface area contributed by atoms with Crippen molar-refractivity contribution in [2.45, 2.75) is 25.4 Å². The summed E-state index contributed by atoms with van der Waals surface area (Å²) in [6.07, 6.45) is 2.18. The number of ether oxygens (including phenoxy) is 1. The summed E-state index contributed by atoms with van der Waals surface area (Å²) in [5.41, 5.74) is 7.82. The lowest BCUT2D eigenvalue weighted by Crippen LogP contribution is -2.32. The van der Waals surface area contributed by atoms with Crippen LogP contribution < -0.4 is 11.1 Å². The van der Waals surface area contributed by atoms with E-state index in [1.54, 1.807) is 12.1 Å². The van der Waals surface area contributed by atoms with E-state index in [0.717, 1.165) is 31.7 Å². The fourth-order valence-electron chi connectivity index (χ4n) is 2.05. The molecule has 1 aromatic rings. The van der Waals surface area contributed by atoms with Crippen molar-refractivity contribution in [1.82, 2.24) is 0 Å². The average Bonchev–Trinajstić information content (AvgIpc) is 2.75. The second-order valence-electron chi connectivity index (χ2n) is 4.67. The molecule has 4 nitrogen and oxygen atoms in total. The topological polar surface area (TPSA) is 71.1 Å². The highest BCUT2D eigenvalue weighted by atomic mass is 16.5. The quantitative estimate of drug-likeness (QED) is 0.782. The Morgan fingerprint density at radius 3 is 3.00 bits per heavy atom. The molecule has 4 heteroatoms. The van der Waals surface area contributed by atoms with E-state index in [0.29, 0.717) is 11.3 Å². The number of nitriles is 1. The van der Waals surface area contributed by atoms with Gasteiger partial charge in [0.15, 0.2) is 0 Å². The van der Waals surface area contributed by atoms with Crippen LogP contribution >= 0.6 is 0 Å². The van der Waals surface area contributed by atoms with Gasteiger partial charge in [-0.2, -0.15) is 5.26 Å². The molecule has 1 unspecified atom stereocenters. The SMILES string of the molecule is CC1(CNc2ccc(C#N)cc2N)CCCO1. The molecule has 0 bridgehead atoms. The first-order valence-electron chi connectivity index (χ1n) is 5.80. The summed E-state index contributed by atoms with van der Waals surface area (Å²) in [4.78, 5) is 0. The average molecular weight is 231 g/mol. The Labute approximate surface area is 101 Å². The molecule has 1 heterocycles. The number of nitrogens with zero attached hydrogens (tertiary/aromatic N) is 1. The number of benzene rings is 1. The number of rotatable bonds is 3. The van der Waals surface area contributed by atoms with E-state index in [9.17, 15) is 0 Å². The van der Waals surface area contributed by atoms with Crippen molar-refractivity contribution in [3.63, 3.8) is 0 Å². The molecule has 1 fully saturated rings. The highest BCUT2D eigenvalue weighted by Crippen LogP contribution is 2.27. The van der Waals surface area contributed by atoms with E-state index in [-0.39, 0.29) is 5.60 Å². The maximum absolute atomic E-state index is 8.75. The highest BCUT2D eigenvalue weighted by Gasteiger charge is 2.29. The Balaban J connectivity index is 2.02. The minimum absolute atomic E-state index is 0.0969. The van der Waals surface area contributed by atoms with Crippen LogP contribution in [0.3, 0.4) is 0 Å². The summed E-state index contributed by atoms with van der Waals surface area (Å²) < 4.78 is 5.69. The molecule has 0 spiro atoms. The Hall–Kier alpha value is -1.73. The molecule has 3 N–H and O–H groups in total. The van der Waals surface area contributed by atoms with Crippen LogP contribution in [0.15, 0.2) is 18.2 Å². The van der Waals surface area contributed by atoms with E-state index in [4.69, 9.17) is 15.7 Å². The number of nitrogen functional groups attached to an aromatic ring is 1. The van der Waals surface area contributed by atoms with Crippen LogP contribution in [0.2, 0.25) is 0 Å². The smallest absolute Gasteiger partial charge is 0.0992 e. The van der Waals surface area contributed by atoms with Gasteiger partial charge in [0.25, 0.3) is 0 Å². The van der Waals surface area contributed by atoms with Crippen molar-refractivity contribution in [3.8, 4) is 6.07 Å². The molecule has 1 saturated heterocycles. The number of nitrogens with two attached hydrogens (primary N) is 1. The minimum Gasteiger partial charge on any atom is -0.397 e. The van der Waals surface area contributed by atoms with Gasteiger partial charge in [0.1, 0.15) is 0 Å². The van der Waals surface area contributed by atoms with Gasteiger partial charge in [-0.3, -0.25) is 0 Å².